The van der Waals surface area contributed by atoms with E-state index in [1.807, 2.05) is 0 Å². The summed E-state index contributed by atoms with van der Waals surface area (Å²) in [6.45, 7) is 8.21. The maximum Gasteiger partial charge on any atom is 0.508 e. The van der Waals surface area contributed by atoms with Gasteiger partial charge in [0.15, 0.2) is 11.5 Å². The number of nitrogens with two attached hydrogens (primary N) is 1. The number of carbonyl (C=O) groups is 4. The van der Waals surface area contributed by atoms with Crippen molar-refractivity contribution in [1.82, 2.24) is 0 Å². The van der Waals surface area contributed by atoms with Crippen LogP contribution in [0.2, 0.25) is 0 Å². The molecule has 0 aliphatic heterocycles. The Morgan fingerprint density at radius 1 is 0.919 bits per heavy atom. The van der Waals surface area contributed by atoms with E-state index in [4.69, 9.17) is 24.7 Å². The van der Waals surface area contributed by atoms with Gasteiger partial charge >= 0.3 is 24.1 Å². The molecule has 2 unspecified atom stereocenters. The highest BCUT2D eigenvalue weighted by molar-refractivity contribution is 5.78. The second kappa shape index (κ2) is 14.0. The molecule has 10 nitrogen and oxygen atoms in total. The molecule has 0 amide bonds. The molecule has 1 aromatic carbocycles. The van der Waals surface area contributed by atoms with Crippen LogP contribution in [0.3, 0.4) is 0 Å². The highest BCUT2D eigenvalue weighted by Crippen LogP contribution is 2.36. The Morgan fingerprint density at radius 3 is 2.03 bits per heavy atom. The van der Waals surface area contributed by atoms with Gasteiger partial charge in [-0.2, -0.15) is 0 Å². The van der Waals surface area contributed by atoms with Crippen LogP contribution in [0.4, 0.5) is 4.79 Å². The van der Waals surface area contributed by atoms with E-state index in [2.05, 4.69) is 0 Å². The molecule has 10 heteroatoms. The lowest BCUT2D eigenvalue weighted by molar-refractivity contribution is -0.140. The van der Waals surface area contributed by atoms with Crippen LogP contribution in [0.1, 0.15) is 78.2 Å². The molecule has 37 heavy (non-hydrogen) atoms. The monoisotopic (exact) mass is 521 g/mol. The van der Waals surface area contributed by atoms with Crippen LogP contribution in [-0.2, 0) is 23.9 Å². The Morgan fingerprint density at radius 2 is 1.49 bits per heavy atom. The van der Waals surface area contributed by atoms with Gasteiger partial charge in [-0.05, 0) is 49.3 Å². The van der Waals surface area contributed by atoms with Crippen LogP contribution >= 0.6 is 0 Å². The van der Waals surface area contributed by atoms with Crippen molar-refractivity contribution in [2.75, 3.05) is 6.61 Å². The topological polar surface area (TPSA) is 151 Å². The largest absolute Gasteiger partial charge is 0.508 e. The first-order valence-electron chi connectivity index (χ1n) is 12.8. The van der Waals surface area contributed by atoms with E-state index >= 15 is 0 Å². The fraction of sp³-hybridized carbons (Fsp3) is 0.630. The molecule has 1 aliphatic rings. The molecule has 3 atom stereocenters. The third kappa shape index (κ3) is 9.03. The summed E-state index contributed by atoms with van der Waals surface area (Å²) >= 11 is 0. The van der Waals surface area contributed by atoms with Crippen molar-refractivity contribution in [3.8, 4) is 11.5 Å². The van der Waals surface area contributed by atoms with E-state index in [0.29, 0.717) is 5.56 Å². The molecule has 1 saturated carbocycles. The normalized spacial score (nSPS) is 16.5. The second-order valence-corrected chi connectivity index (χ2v) is 10.2. The quantitative estimate of drug-likeness (QED) is 0.316. The maximum absolute atomic E-state index is 12.3. The average molecular weight is 522 g/mol. The molecule has 2 rings (SSSR count). The van der Waals surface area contributed by atoms with Gasteiger partial charge in [-0.15, -0.1) is 0 Å². The molecule has 0 bridgehead atoms. The summed E-state index contributed by atoms with van der Waals surface area (Å²) in [6, 6.07) is 3.07. The molecular weight excluding hydrogens is 482 g/mol. The molecule has 1 aromatic rings. The summed E-state index contributed by atoms with van der Waals surface area (Å²) in [4.78, 5) is 48.6. The predicted molar refractivity (Wildman–Crippen MR) is 134 cm³/mol. The first-order valence-corrected chi connectivity index (χ1v) is 12.8. The van der Waals surface area contributed by atoms with Crippen molar-refractivity contribution in [3.05, 3.63) is 23.8 Å². The molecule has 1 aliphatic carbocycles. The number of ether oxygens (including phenoxy) is 4. The molecule has 0 aromatic heterocycles. The van der Waals surface area contributed by atoms with E-state index in [-0.39, 0.29) is 24.2 Å². The minimum atomic E-state index is -1.36. The van der Waals surface area contributed by atoms with Crippen molar-refractivity contribution >= 4 is 24.1 Å². The smallest absolute Gasteiger partial charge is 0.480 e. The summed E-state index contributed by atoms with van der Waals surface area (Å²) in [7, 11) is 0. The SMILES string of the molecule is CC(C)C(=O)Oc1ccc(C(C(C)COC(=O)OC2CCCCC2)[C@H](N)C(=O)O)cc1OC(=O)C(C)C. The van der Waals surface area contributed by atoms with Gasteiger partial charge in [-0.25, -0.2) is 4.79 Å². The van der Waals surface area contributed by atoms with E-state index in [0.717, 1.165) is 32.1 Å². The van der Waals surface area contributed by atoms with E-state index in [1.54, 1.807) is 40.7 Å². The zero-order valence-electron chi connectivity index (χ0n) is 22.2. The number of carboxylic acids is 1. The van der Waals surface area contributed by atoms with Crippen molar-refractivity contribution in [2.45, 2.75) is 84.8 Å². The van der Waals surface area contributed by atoms with Gasteiger partial charge in [0.1, 0.15) is 12.1 Å². The number of hydrogen-bond donors (Lipinski definition) is 2. The minimum absolute atomic E-state index is 0.0269. The summed E-state index contributed by atoms with van der Waals surface area (Å²) in [5.74, 6) is -4.58. The number of benzene rings is 1. The van der Waals surface area contributed by atoms with Crippen molar-refractivity contribution in [2.24, 2.45) is 23.5 Å². The lowest BCUT2D eigenvalue weighted by Gasteiger charge is -2.28. The van der Waals surface area contributed by atoms with E-state index < -0.39 is 53.8 Å². The third-order valence-electron chi connectivity index (χ3n) is 6.28. The van der Waals surface area contributed by atoms with Crippen LogP contribution < -0.4 is 15.2 Å². The van der Waals surface area contributed by atoms with Crippen molar-refractivity contribution < 1.29 is 43.2 Å². The molecule has 0 saturated heterocycles. The van der Waals surface area contributed by atoms with Crippen LogP contribution in [0.5, 0.6) is 11.5 Å². The lowest BCUT2D eigenvalue weighted by Crippen LogP contribution is -2.40. The highest BCUT2D eigenvalue weighted by Gasteiger charge is 2.33. The lowest BCUT2D eigenvalue weighted by atomic mass is 9.82. The molecule has 0 heterocycles. The zero-order chi connectivity index (χ0) is 27.7. The fourth-order valence-electron chi connectivity index (χ4n) is 4.05. The van der Waals surface area contributed by atoms with Crippen molar-refractivity contribution in [3.63, 3.8) is 0 Å². The van der Waals surface area contributed by atoms with Gasteiger partial charge in [0.25, 0.3) is 0 Å². The standard InChI is InChI=1S/C27H39NO9/c1-15(2)25(31)36-20-12-11-18(13-21(20)37-26(32)16(3)4)22(23(28)24(29)30)17(5)14-34-27(33)35-19-9-7-6-8-10-19/h11-13,15-17,19,22-23H,6-10,14,28H2,1-5H3,(H,29,30)/t17?,22?,23-/m0/s1. The van der Waals surface area contributed by atoms with Crippen LogP contribution in [0.25, 0.3) is 0 Å². The maximum atomic E-state index is 12.3. The van der Waals surface area contributed by atoms with Crippen LogP contribution in [0.15, 0.2) is 18.2 Å². The molecule has 3 N–H and O–H groups in total. The molecule has 206 valence electrons. The Kier molecular flexibility index (Phi) is 11.4. The summed E-state index contributed by atoms with van der Waals surface area (Å²) in [5.41, 5.74) is 6.46. The third-order valence-corrected chi connectivity index (χ3v) is 6.28. The average Bonchev–Trinajstić information content (AvgIpc) is 2.84. The van der Waals surface area contributed by atoms with Gasteiger partial charge in [0.2, 0.25) is 0 Å². The Bertz CT molecular complexity index is 953. The number of carbonyl (C=O) groups excluding carboxylic acids is 3. The Labute approximate surface area is 217 Å². The van der Waals surface area contributed by atoms with Gasteiger partial charge in [0.05, 0.1) is 18.4 Å². The van der Waals surface area contributed by atoms with Gasteiger partial charge in [0, 0.05) is 5.92 Å². The number of hydrogen-bond acceptors (Lipinski definition) is 9. The summed E-state index contributed by atoms with van der Waals surface area (Å²) < 4.78 is 21.5. The van der Waals surface area contributed by atoms with Crippen molar-refractivity contribution in [1.29, 1.82) is 0 Å². The molecule has 1 fully saturated rings. The number of aliphatic carboxylic acids is 1. The summed E-state index contributed by atoms with van der Waals surface area (Å²) in [6.07, 6.45) is 3.72. The number of esters is 2. The molecule has 0 spiro atoms. The number of carboxylic acid groups (broad SMARTS) is 1. The van der Waals surface area contributed by atoms with Crippen LogP contribution in [-0.4, -0.2) is 47.9 Å². The van der Waals surface area contributed by atoms with Gasteiger partial charge in [-0.3, -0.25) is 14.4 Å². The predicted octanol–water partition coefficient (Wildman–Crippen LogP) is 4.43. The minimum Gasteiger partial charge on any atom is -0.480 e. The molecule has 0 radical (unpaired) electrons. The Hall–Kier alpha value is -3.14. The first kappa shape index (κ1) is 30.1. The zero-order valence-corrected chi connectivity index (χ0v) is 22.2. The fourth-order valence-corrected chi connectivity index (χ4v) is 4.05. The van der Waals surface area contributed by atoms with Gasteiger partial charge < -0.3 is 29.8 Å². The summed E-state index contributed by atoms with van der Waals surface area (Å²) in [5, 5.41) is 9.67. The molecular formula is C27H39NO9. The van der Waals surface area contributed by atoms with E-state index in [1.165, 1.54) is 12.1 Å². The number of rotatable bonds is 11. The first-order chi connectivity index (χ1) is 17.4. The van der Waals surface area contributed by atoms with Crippen LogP contribution in [0, 0.1) is 17.8 Å². The van der Waals surface area contributed by atoms with E-state index in [9.17, 15) is 24.3 Å². The highest BCUT2D eigenvalue weighted by atomic mass is 16.7. The second-order valence-electron chi connectivity index (χ2n) is 10.2. The van der Waals surface area contributed by atoms with Gasteiger partial charge in [-0.1, -0.05) is 47.1 Å². The Balaban J connectivity index is 2.28.